The Hall–Kier alpha value is -1.37. The van der Waals surface area contributed by atoms with E-state index in [2.05, 4.69) is 57.0 Å². The Labute approximate surface area is 105 Å². The lowest BCUT2D eigenvalue weighted by Crippen LogP contribution is -2.07. The molecule has 0 aromatic heterocycles. The van der Waals surface area contributed by atoms with Crippen molar-refractivity contribution in [1.82, 2.24) is 0 Å². The Balaban J connectivity index is 0.000000686. The largest absolute Gasteiger partial charge is 0.259 e. The van der Waals surface area contributed by atoms with Crippen molar-refractivity contribution >= 4 is 18.0 Å². The van der Waals surface area contributed by atoms with Gasteiger partial charge in [0.1, 0.15) is 0 Å². The van der Waals surface area contributed by atoms with Gasteiger partial charge in [0.2, 0.25) is 0 Å². The second-order valence-electron chi connectivity index (χ2n) is 4.93. The van der Waals surface area contributed by atoms with E-state index in [-0.39, 0.29) is 5.41 Å². The average molecular weight is 229 g/mol. The van der Waals surface area contributed by atoms with Crippen molar-refractivity contribution in [3.05, 3.63) is 34.9 Å². The van der Waals surface area contributed by atoms with Crippen LogP contribution in [0.2, 0.25) is 0 Å². The molecule has 0 radical (unpaired) electrons. The number of hydrogen-bond acceptors (Lipinski definition) is 1. The van der Waals surface area contributed by atoms with Crippen molar-refractivity contribution in [3.8, 4) is 0 Å². The molecule has 0 saturated carbocycles. The van der Waals surface area contributed by atoms with E-state index in [1.54, 1.807) is 0 Å². The lowest BCUT2D eigenvalue weighted by Gasteiger charge is -2.10. The highest BCUT2D eigenvalue weighted by Crippen LogP contribution is 2.31. The molecule has 0 atom stereocenters. The minimum absolute atomic E-state index is 0.0549. The first kappa shape index (κ1) is 13.7. The van der Waals surface area contributed by atoms with Crippen molar-refractivity contribution in [3.63, 3.8) is 0 Å². The standard InChI is InChI=1S/C14H17N.C2H6/c1-10-7-11(2)13-12(8-10)5-6-14(3,4)9-15-13;1-2/h5-9H,1-4H3;1-2H3. The molecule has 1 aromatic carbocycles. The maximum absolute atomic E-state index is 4.59. The summed E-state index contributed by atoms with van der Waals surface area (Å²) in [6.07, 6.45) is 6.42. The third kappa shape index (κ3) is 3.29. The predicted octanol–water partition coefficient (Wildman–Crippen LogP) is 5.08. The van der Waals surface area contributed by atoms with Gasteiger partial charge in [-0.15, -0.1) is 0 Å². The summed E-state index contributed by atoms with van der Waals surface area (Å²) in [5.41, 5.74) is 4.95. The zero-order valence-corrected chi connectivity index (χ0v) is 11.8. The molecule has 0 fully saturated rings. The van der Waals surface area contributed by atoms with Gasteiger partial charge in [-0.3, -0.25) is 4.99 Å². The van der Waals surface area contributed by atoms with E-state index in [1.165, 1.54) is 16.7 Å². The van der Waals surface area contributed by atoms with E-state index in [1.807, 2.05) is 20.1 Å². The molecule has 0 unspecified atom stereocenters. The maximum Gasteiger partial charge on any atom is 0.0727 e. The number of allylic oxidation sites excluding steroid dienone is 1. The molecule has 0 saturated heterocycles. The fourth-order valence-corrected chi connectivity index (χ4v) is 1.87. The van der Waals surface area contributed by atoms with Crippen molar-refractivity contribution in [2.75, 3.05) is 0 Å². The van der Waals surface area contributed by atoms with Crippen LogP contribution in [-0.2, 0) is 0 Å². The second-order valence-corrected chi connectivity index (χ2v) is 4.93. The maximum atomic E-state index is 4.59. The number of fused-ring (bicyclic) bond motifs is 1. The number of benzene rings is 1. The van der Waals surface area contributed by atoms with Crippen molar-refractivity contribution < 1.29 is 0 Å². The highest BCUT2D eigenvalue weighted by Gasteiger charge is 2.14. The smallest absolute Gasteiger partial charge is 0.0727 e. The minimum atomic E-state index is 0.0549. The van der Waals surface area contributed by atoms with E-state index in [9.17, 15) is 0 Å². The van der Waals surface area contributed by atoms with Crippen molar-refractivity contribution in [2.45, 2.75) is 41.5 Å². The Kier molecular flexibility index (Phi) is 4.28. The van der Waals surface area contributed by atoms with E-state index in [0.717, 1.165) is 5.69 Å². The lowest BCUT2D eigenvalue weighted by atomic mass is 9.94. The molecule has 1 aromatic rings. The van der Waals surface area contributed by atoms with Crippen molar-refractivity contribution in [2.24, 2.45) is 10.4 Å². The van der Waals surface area contributed by atoms with Crippen LogP contribution in [0.1, 0.15) is 44.4 Å². The zero-order valence-electron chi connectivity index (χ0n) is 11.8. The van der Waals surface area contributed by atoms with Crippen molar-refractivity contribution in [1.29, 1.82) is 0 Å². The monoisotopic (exact) mass is 229 g/mol. The van der Waals surface area contributed by atoms with E-state index in [4.69, 9.17) is 0 Å². The van der Waals surface area contributed by atoms with E-state index < -0.39 is 0 Å². The number of aryl methyl sites for hydroxylation is 2. The Bertz CT molecular complexity index is 451. The number of aliphatic imine (C=N–C) groups is 1. The summed E-state index contributed by atoms with van der Waals surface area (Å²) >= 11 is 0. The van der Waals surface area contributed by atoms with Gasteiger partial charge in [-0.05, 0) is 25.5 Å². The SMILES string of the molecule is CC.Cc1cc(C)c2c(c1)C=CC(C)(C)C=N2. The van der Waals surface area contributed by atoms with Gasteiger partial charge in [-0.1, -0.05) is 51.5 Å². The van der Waals surface area contributed by atoms with Crippen LogP contribution in [0.5, 0.6) is 0 Å². The van der Waals surface area contributed by atoms with Crippen LogP contribution in [0.15, 0.2) is 23.2 Å². The van der Waals surface area contributed by atoms with Crippen LogP contribution in [-0.4, -0.2) is 6.21 Å². The summed E-state index contributed by atoms with van der Waals surface area (Å²) in [5.74, 6) is 0. The van der Waals surface area contributed by atoms with E-state index >= 15 is 0 Å². The highest BCUT2D eigenvalue weighted by atomic mass is 14.7. The fraction of sp³-hybridized carbons (Fsp3) is 0.438. The topological polar surface area (TPSA) is 12.4 Å². The van der Waals surface area contributed by atoms with Crippen LogP contribution < -0.4 is 0 Å². The Morgan fingerprint density at radius 3 is 2.35 bits per heavy atom. The van der Waals surface area contributed by atoms with Gasteiger partial charge < -0.3 is 0 Å². The molecule has 0 N–H and O–H groups in total. The molecule has 92 valence electrons. The molecule has 17 heavy (non-hydrogen) atoms. The number of rotatable bonds is 0. The molecule has 0 spiro atoms. The van der Waals surface area contributed by atoms with Gasteiger partial charge >= 0.3 is 0 Å². The van der Waals surface area contributed by atoms with Crippen LogP contribution in [0.4, 0.5) is 5.69 Å². The molecule has 0 aliphatic carbocycles. The molecular weight excluding hydrogens is 206 g/mol. The molecule has 1 heteroatoms. The summed E-state index contributed by atoms with van der Waals surface area (Å²) in [5, 5.41) is 0. The number of nitrogens with zero attached hydrogens (tertiary/aromatic N) is 1. The van der Waals surface area contributed by atoms with E-state index in [0.29, 0.717) is 0 Å². The second kappa shape index (κ2) is 5.31. The Morgan fingerprint density at radius 1 is 1.06 bits per heavy atom. The lowest BCUT2D eigenvalue weighted by molar-refractivity contribution is 0.699. The Morgan fingerprint density at radius 2 is 1.71 bits per heavy atom. The first-order valence-electron chi connectivity index (χ1n) is 6.34. The quantitative estimate of drug-likeness (QED) is 0.588. The molecule has 2 rings (SSSR count). The van der Waals surface area contributed by atoms with Crippen LogP contribution in [0, 0.1) is 19.3 Å². The molecule has 0 amide bonds. The van der Waals surface area contributed by atoms with Crippen LogP contribution >= 0.6 is 0 Å². The third-order valence-electron chi connectivity index (χ3n) is 2.69. The van der Waals surface area contributed by atoms with Crippen LogP contribution in [0.3, 0.4) is 0 Å². The van der Waals surface area contributed by atoms with Gasteiger partial charge in [0, 0.05) is 17.2 Å². The highest BCUT2D eigenvalue weighted by molar-refractivity contribution is 5.81. The summed E-state index contributed by atoms with van der Waals surface area (Å²) in [4.78, 5) is 4.59. The molecule has 1 aliphatic rings. The molecule has 1 aliphatic heterocycles. The molecule has 1 heterocycles. The van der Waals surface area contributed by atoms with Gasteiger partial charge in [-0.2, -0.15) is 0 Å². The van der Waals surface area contributed by atoms with Crippen LogP contribution in [0.25, 0.3) is 6.08 Å². The predicted molar refractivity (Wildman–Crippen MR) is 78.2 cm³/mol. The van der Waals surface area contributed by atoms with Gasteiger partial charge in [0.25, 0.3) is 0 Å². The zero-order chi connectivity index (χ0) is 13.1. The third-order valence-corrected chi connectivity index (χ3v) is 2.69. The molecular formula is C16H23N. The summed E-state index contributed by atoms with van der Waals surface area (Å²) in [6.45, 7) is 12.6. The normalized spacial score (nSPS) is 15.6. The first-order chi connectivity index (χ1) is 7.98. The fourth-order valence-electron chi connectivity index (χ4n) is 1.87. The summed E-state index contributed by atoms with van der Waals surface area (Å²) in [7, 11) is 0. The average Bonchev–Trinajstić information content (AvgIpc) is 2.41. The van der Waals surface area contributed by atoms with Gasteiger partial charge in [-0.25, -0.2) is 0 Å². The van der Waals surface area contributed by atoms with Gasteiger partial charge in [0.15, 0.2) is 0 Å². The molecule has 1 nitrogen and oxygen atoms in total. The summed E-state index contributed by atoms with van der Waals surface area (Å²) in [6, 6.07) is 4.37. The van der Waals surface area contributed by atoms with Gasteiger partial charge in [0.05, 0.1) is 5.69 Å². The molecule has 0 bridgehead atoms. The minimum Gasteiger partial charge on any atom is -0.259 e. The summed E-state index contributed by atoms with van der Waals surface area (Å²) < 4.78 is 0. The first-order valence-corrected chi connectivity index (χ1v) is 6.34. The number of hydrogen-bond donors (Lipinski definition) is 0.